The largest absolute Gasteiger partial charge is 0.444 e. The first kappa shape index (κ1) is 29.4. The smallest absolute Gasteiger partial charge is 0.412 e. The molecule has 1 atom stereocenters. The standard InChI is InChI=1S/C30H45NO5Si/c1-28(2,3)36-27(32)31-24(23-34-30(31,7)8)19-20-33-21-22-35-37(29(4,5)6,25-15-11-9-12-16-25)26-17-13-10-14-18-26/h9-18,24H,19-23H2,1-8H3/t24-/m1/s1. The lowest BCUT2D eigenvalue weighted by molar-refractivity contribution is -0.0633. The van der Waals surface area contributed by atoms with Crippen molar-refractivity contribution in [1.29, 1.82) is 0 Å². The molecule has 0 spiro atoms. The van der Waals surface area contributed by atoms with Crippen LogP contribution in [-0.2, 0) is 18.6 Å². The van der Waals surface area contributed by atoms with E-state index in [9.17, 15) is 4.79 Å². The fourth-order valence-corrected chi connectivity index (χ4v) is 9.66. The molecule has 0 unspecified atom stereocenters. The molecule has 37 heavy (non-hydrogen) atoms. The van der Waals surface area contributed by atoms with Crippen LogP contribution in [0.3, 0.4) is 0 Å². The molecule has 0 aliphatic carbocycles. The molecule has 2 aromatic rings. The lowest BCUT2D eigenvalue weighted by Gasteiger charge is -2.43. The van der Waals surface area contributed by atoms with Gasteiger partial charge in [0.1, 0.15) is 11.3 Å². The highest BCUT2D eigenvalue weighted by Crippen LogP contribution is 2.36. The number of carbonyl (C=O) groups is 1. The Morgan fingerprint density at radius 1 is 0.919 bits per heavy atom. The van der Waals surface area contributed by atoms with Gasteiger partial charge in [0.05, 0.1) is 25.9 Å². The molecule has 0 saturated carbocycles. The highest BCUT2D eigenvalue weighted by Gasteiger charge is 2.50. The molecule has 1 aliphatic rings. The Kier molecular flexibility index (Phi) is 9.27. The quantitative estimate of drug-likeness (QED) is 0.325. The lowest BCUT2D eigenvalue weighted by atomic mass is 10.1. The molecule has 1 fully saturated rings. The Morgan fingerprint density at radius 2 is 1.46 bits per heavy atom. The van der Waals surface area contributed by atoms with Gasteiger partial charge in [0.25, 0.3) is 8.32 Å². The first-order chi connectivity index (χ1) is 17.3. The third kappa shape index (κ3) is 7.02. The van der Waals surface area contributed by atoms with Crippen LogP contribution in [0.1, 0.15) is 61.8 Å². The molecule has 204 valence electrons. The van der Waals surface area contributed by atoms with Crippen LogP contribution < -0.4 is 10.4 Å². The zero-order valence-corrected chi connectivity index (χ0v) is 24.9. The van der Waals surface area contributed by atoms with Crippen LogP contribution in [0.15, 0.2) is 60.7 Å². The molecule has 1 saturated heterocycles. The Balaban J connectivity index is 1.63. The summed E-state index contributed by atoms with van der Waals surface area (Å²) in [5.74, 6) is 0. The number of ether oxygens (including phenoxy) is 3. The SMILES string of the molecule is CC(C)(C)OC(=O)N1[C@H](CCOCCO[Si](c2ccccc2)(c2ccccc2)C(C)(C)C)COC1(C)C. The number of carbonyl (C=O) groups excluding carboxylic acids is 1. The number of amides is 1. The van der Waals surface area contributed by atoms with Crippen LogP contribution in [0.2, 0.25) is 5.04 Å². The van der Waals surface area contributed by atoms with Crippen LogP contribution in [0.5, 0.6) is 0 Å². The van der Waals surface area contributed by atoms with Crippen molar-refractivity contribution in [1.82, 2.24) is 4.90 Å². The number of hydrogen-bond donors (Lipinski definition) is 0. The summed E-state index contributed by atoms with van der Waals surface area (Å²) in [7, 11) is -2.57. The number of hydrogen-bond acceptors (Lipinski definition) is 5. The summed E-state index contributed by atoms with van der Waals surface area (Å²) in [6, 6.07) is 21.1. The van der Waals surface area contributed by atoms with Gasteiger partial charge in [-0.05, 0) is 56.5 Å². The maximum Gasteiger partial charge on any atom is 0.412 e. The van der Waals surface area contributed by atoms with Crippen molar-refractivity contribution in [2.24, 2.45) is 0 Å². The summed E-state index contributed by atoms with van der Waals surface area (Å²) in [5.41, 5.74) is -1.27. The molecular formula is C30H45NO5Si. The first-order valence-electron chi connectivity index (χ1n) is 13.3. The third-order valence-electron chi connectivity index (χ3n) is 6.72. The molecule has 0 radical (unpaired) electrons. The fourth-order valence-electron chi connectivity index (χ4n) is 5.11. The summed E-state index contributed by atoms with van der Waals surface area (Å²) in [6.45, 7) is 18.2. The zero-order chi connectivity index (χ0) is 27.3. The molecule has 0 bridgehead atoms. The fraction of sp³-hybridized carbons (Fsp3) is 0.567. The first-order valence-corrected chi connectivity index (χ1v) is 15.2. The van der Waals surface area contributed by atoms with Crippen molar-refractivity contribution in [2.75, 3.05) is 26.4 Å². The van der Waals surface area contributed by atoms with Crippen LogP contribution in [-0.4, -0.2) is 63.1 Å². The van der Waals surface area contributed by atoms with E-state index >= 15 is 0 Å². The predicted octanol–water partition coefficient (Wildman–Crippen LogP) is 5.34. The van der Waals surface area contributed by atoms with Gasteiger partial charge in [0.2, 0.25) is 0 Å². The van der Waals surface area contributed by atoms with Crippen molar-refractivity contribution in [3.05, 3.63) is 60.7 Å². The van der Waals surface area contributed by atoms with Crippen molar-refractivity contribution in [2.45, 2.75) is 84.2 Å². The van der Waals surface area contributed by atoms with E-state index in [2.05, 4.69) is 69.3 Å². The van der Waals surface area contributed by atoms with Gasteiger partial charge in [-0.25, -0.2) is 4.79 Å². The topological polar surface area (TPSA) is 57.2 Å². The van der Waals surface area contributed by atoms with Crippen molar-refractivity contribution < 1.29 is 23.4 Å². The molecule has 1 amide bonds. The van der Waals surface area contributed by atoms with E-state index in [0.717, 1.165) is 0 Å². The average Bonchev–Trinajstić information content (AvgIpc) is 3.12. The minimum absolute atomic E-state index is 0.0730. The Morgan fingerprint density at radius 3 is 1.95 bits per heavy atom. The van der Waals surface area contributed by atoms with Gasteiger partial charge < -0.3 is 18.6 Å². The molecule has 0 N–H and O–H groups in total. The van der Waals surface area contributed by atoms with Crippen LogP contribution in [0.4, 0.5) is 4.79 Å². The van der Waals surface area contributed by atoms with Gasteiger partial charge in [-0.3, -0.25) is 4.90 Å². The molecule has 0 aromatic heterocycles. The summed E-state index contributed by atoms with van der Waals surface area (Å²) in [5, 5.41) is 2.44. The zero-order valence-electron chi connectivity index (χ0n) is 23.9. The second kappa shape index (κ2) is 11.7. The Hall–Kier alpha value is -2.19. The van der Waals surface area contributed by atoms with Gasteiger partial charge in [-0.2, -0.15) is 0 Å². The third-order valence-corrected chi connectivity index (χ3v) is 11.8. The minimum Gasteiger partial charge on any atom is -0.444 e. The van der Waals surface area contributed by atoms with E-state index in [1.807, 2.05) is 46.8 Å². The highest BCUT2D eigenvalue weighted by molar-refractivity contribution is 6.99. The summed E-state index contributed by atoms with van der Waals surface area (Å²) < 4.78 is 24.5. The van der Waals surface area contributed by atoms with Crippen LogP contribution in [0, 0.1) is 0 Å². The Bertz CT molecular complexity index is 959. The van der Waals surface area contributed by atoms with Gasteiger partial charge >= 0.3 is 6.09 Å². The monoisotopic (exact) mass is 527 g/mol. The minimum atomic E-state index is -2.57. The van der Waals surface area contributed by atoms with E-state index < -0.39 is 19.6 Å². The summed E-state index contributed by atoms with van der Waals surface area (Å²) in [6.07, 6.45) is 0.317. The van der Waals surface area contributed by atoms with E-state index in [0.29, 0.717) is 32.8 Å². The van der Waals surface area contributed by atoms with Gasteiger partial charge in [0, 0.05) is 6.61 Å². The molecule has 2 aromatic carbocycles. The normalized spacial score (nSPS) is 18.2. The van der Waals surface area contributed by atoms with Crippen LogP contribution >= 0.6 is 0 Å². The summed E-state index contributed by atoms with van der Waals surface area (Å²) in [4.78, 5) is 14.6. The predicted molar refractivity (Wildman–Crippen MR) is 151 cm³/mol. The summed E-state index contributed by atoms with van der Waals surface area (Å²) >= 11 is 0. The molecule has 1 heterocycles. The van der Waals surface area contributed by atoms with Gasteiger partial charge in [-0.15, -0.1) is 0 Å². The molecule has 1 aliphatic heterocycles. The maximum absolute atomic E-state index is 12.9. The second-order valence-corrected chi connectivity index (χ2v) is 16.5. The average molecular weight is 528 g/mol. The second-order valence-electron chi connectivity index (χ2n) is 12.2. The van der Waals surface area contributed by atoms with E-state index in [-0.39, 0.29) is 17.2 Å². The van der Waals surface area contributed by atoms with E-state index in [1.54, 1.807) is 4.90 Å². The van der Waals surface area contributed by atoms with Crippen molar-refractivity contribution >= 4 is 24.8 Å². The highest BCUT2D eigenvalue weighted by atomic mass is 28.4. The van der Waals surface area contributed by atoms with Gasteiger partial charge in [0.15, 0.2) is 0 Å². The van der Waals surface area contributed by atoms with E-state index in [1.165, 1.54) is 10.4 Å². The lowest BCUT2D eigenvalue weighted by Crippen LogP contribution is -2.66. The van der Waals surface area contributed by atoms with Crippen molar-refractivity contribution in [3.8, 4) is 0 Å². The Labute approximate surface area is 224 Å². The van der Waals surface area contributed by atoms with Crippen LogP contribution in [0.25, 0.3) is 0 Å². The molecule has 7 heteroatoms. The number of rotatable bonds is 9. The number of benzene rings is 2. The molecular weight excluding hydrogens is 482 g/mol. The maximum atomic E-state index is 12.9. The van der Waals surface area contributed by atoms with Crippen molar-refractivity contribution in [3.63, 3.8) is 0 Å². The van der Waals surface area contributed by atoms with E-state index in [4.69, 9.17) is 18.6 Å². The number of nitrogens with zero attached hydrogens (tertiary/aromatic N) is 1. The van der Waals surface area contributed by atoms with Gasteiger partial charge in [-0.1, -0.05) is 81.4 Å². The molecule has 3 rings (SSSR count). The molecule has 6 nitrogen and oxygen atoms in total.